The lowest BCUT2D eigenvalue weighted by molar-refractivity contribution is -0.108. The second kappa shape index (κ2) is 2.77. The average Bonchev–Trinajstić information content (AvgIpc) is 2.17. The van der Waals surface area contributed by atoms with Gasteiger partial charge in [-0.2, -0.15) is 5.10 Å². The first-order valence-electron chi connectivity index (χ1n) is 2.45. The summed E-state index contributed by atoms with van der Waals surface area (Å²) in [5.41, 5.74) is 0. The lowest BCUT2D eigenvalue weighted by Gasteiger charge is -1.87. The molecule has 4 heteroatoms. The standard InChI is InChI=1S/C5H5BrN2O/c6-5-1-2-8(7-5)3-4-9/h1-2,4H,3H2. The van der Waals surface area contributed by atoms with Crippen LogP contribution in [0.15, 0.2) is 16.9 Å². The molecule has 0 aliphatic rings. The molecule has 0 spiro atoms. The van der Waals surface area contributed by atoms with E-state index in [4.69, 9.17) is 0 Å². The molecule has 1 heterocycles. The van der Waals surface area contributed by atoms with Crippen molar-refractivity contribution in [1.82, 2.24) is 9.78 Å². The Hall–Kier alpha value is -0.640. The van der Waals surface area contributed by atoms with Crippen molar-refractivity contribution in [3.8, 4) is 0 Å². The van der Waals surface area contributed by atoms with Gasteiger partial charge in [0.25, 0.3) is 0 Å². The van der Waals surface area contributed by atoms with Crippen molar-refractivity contribution in [1.29, 1.82) is 0 Å². The molecule has 1 aromatic heterocycles. The van der Waals surface area contributed by atoms with Crippen LogP contribution in [-0.4, -0.2) is 16.1 Å². The molecule has 0 amide bonds. The number of aldehydes is 1. The molecule has 9 heavy (non-hydrogen) atoms. The Morgan fingerprint density at radius 1 is 1.89 bits per heavy atom. The smallest absolute Gasteiger partial charge is 0.141 e. The summed E-state index contributed by atoms with van der Waals surface area (Å²) in [4.78, 5) is 9.91. The predicted molar refractivity (Wildman–Crippen MR) is 36.0 cm³/mol. The number of hydrogen-bond acceptors (Lipinski definition) is 2. The van der Waals surface area contributed by atoms with Crippen molar-refractivity contribution < 1.29 is 4.79 Å². The van der Waals surface area contributed by atoms with Crippen molar-refractivity contribution in [2.75, 3.05) is 0 Å². The molecule has 48 valence electrons. The maximum atomic E-state index is 9.91. The zero-order chi connectivity index (χ0) is 6.69. The third kappa shape index (κ3) is 1.64. The van der Waals surface area contributed by atoms with Crippen molar-refractivity contribution >= 4 is 22.2 Å². The number of rotatable bonds is 2. The van der Waals surface area contributed by atoms with Crippen LogP contribution in [0.1, 0.15) is 0 Å². The third-order valence-corrected chi connectivity index (χ3v) is 1.29. The summed E-state index contributed by atoms with van der Waals surface area (Å²) in [6, 6.07) is 1.78. The molecule has 0 unspecified atom stereocenters. The Kier molecular flexibility index (Phi) is 2.00. The summed E-state index contributed by atoms with van der Waals surface area (Å²) in [5, 5.41) is 3.90. The van der Waals surface area contributed by atoms with E-state index in [0.29, 0.717) is 6.54 Å². The lowest BCUT2D eigenvalue weighted by Crippen LogP contribution is -1.98. The van der Waals surface area contributed by atoms with Gasteiger partial charge in [-0.25, -0.2) is 0 Å². The highest BCUT2D eigenvalue weighted by molar-refractivity contribution is 9.10. The van der Waals surface area contributed by atoms with Gasteiger partial charge < -0.3 is 4.79 Å². The van der Waals surface area contributed by atoms with E-state index in [2.05, 4.69) is 21.0 Å². The van der Waals surface area contributed by atoms with Crippen LogP contribution in [0.25, 0.3) is 0 Å². The van der Waals surface area contributed by atoms with Crippen LogP contribution in [0.2, 0.25) is 0 Å². The van der Waals surface area contributed by atoms with Crippen molar-refractivity contribution in [3.05, 3.63) is 16.9 Å². The molecular weight excluding hydrogens is 184 g/mol. The van der Waals surface area contributed by atoms with Gasteiger partial charge in [0.15, 0.2) is 0 Å². The average molecular weight is 189 g/mol. The summed E-state index contributed by atoms with van der Waals surface area (Å²) < 4.78 is 2.31. The lowest BCUT2D eigenvalue weighted by atomic mass is 10.7. The number of carbonyl (C=O) groups is 1. The number of nitrogens with zero attached hydrogens (tertiary/aromatic N) is 2. The molecule has 0 radical (unpaired) electrons. The summed E-state index contributed by atoms with van der Waals surface area (Å²) in [6.07, 6.45) is 2.54. The van der Waals surface area contributed by atoms with E-state index in [1.165, 1.54) is 0 Å². The minimum Gasteiger partial charge on any atom is -0.301 e. The van der Waals surface area contributed by atoms with Crippen molar-refractivity contribution in [2.45, 2.75) is 6.54 Å². The van der Waals surface area contributed by atoms with E-state index in [-0.39, 0.29) is 0 Å². The minimum atomic E-state index is 0.325. The van der Waals surface area contributed by atoms with Gasteiger partial charge in [-0.3, -0.25) is 4.68 Å². The van der Waals surface area contributed by atoms with E-state index < -0.39 is 0 Å². The van der Waals surface area contributed by atoms with Crippen LogP contribution in [-0.2, 0) is 11.3 Å². The van der Waals surface area contributed by atoms with E-state index in [0.717, 1.165) is 10.9 Å². The molecule has 0 fully saturated rings. The molecule has 1 rings (SSSR count). The monoisotopic (exact) mass is 188 g/mol. The fourth-order valence-corrected chi connectivity index (χ4v) is 0.837. The Balaban J connectivity index is 2.72. The first-order valence-corrected chi connectivity index (χ1v) is 3.25. The van der Waals surface area contributed by atoms with Gasteiger partial charge in [0.2, 0.25) is 0 Å². The third-order valence-electron chi connectivity index (χ3n) is 0.870. The summed E-state index contributed by atoms with van der Waals surface area (Å²) in [7, 11) is 0. The molecule has 0 saturated carbocycles. The SMILES string of the molecule is O=CCn1ccc(Br)n1. The van der Waals surface area contributed by atoms with Crippen molar-refractivity contribution in [3.63, 3.8) is 0 Å². The summed E-state index contributed by atoms with van der Waals surface area (Å²) >= 11 is 3.15. The zero-order valence-electron chi connectivity index (χ0n) is 4.62. The molecule has 0 aliphatic carbocycles. The molecule has 3 nitrogen and oxygen atoms in total. The van der Waals surface area contributed by atoms with Gasteiger partial charge >= 0.3 is 0 Å². The Morgan fingerprint density at radius 2 is 2.67 bits per heavy atom. The van der Waals surface area contributed by atoms with Gasteiger partial charge in [0.05, 0.1) is 6.54 Å². The fraction of sp³-hybridized carbons (Fsp3) is 0.200. The quantitative estimate of drug-likeness (QED) is 0.646. The van der Waals surface area contributed by atoms with Crippen LogP contribution < -0.4 is 0 Å². The molecule has 0 saturated heterocycles. The minimum absolute atomic E-state index is 0.325. The molecule has 0 aromatic carbocycles. The van der Waals surface area contributed by atoms with Crippen LogP contribution in [0.5, 0.6) is 0 Å². The van der Waals surface area contributed by atoms with Gasteiger partial charge in [0, 0.05) is 6.20 Å². The first-order chi connectivity index (χ1) is 4.33. The van der Waals surface area contributed by atoms with E-state index in [9.17, 15) is 4.79 Å². The zero-order valence-corrected chi connectivity index (χ0v) is 6.21. The highest BCUT2D eigenvalue weighted by Crippen LogP contribution is 2.02. The maximum absolute atomic E-state index is 9.91. The molecule has 1 aromatic rings. The van der Waals surface area contributed by atoms with Crippen molar-refractivity contribution in [2.24, 2.45) is 0 Å². The normalized spacial score (nSPS) is 9.44. The largest absolute Gasteiger partial charge is 0.301 e. The Bertz CT molecular complexity index is 208. The highest BCUT2D eigenvalue weighted by Gasteiger charge is 1.90. The number of hydrogen-bond donors (Lipinski definition) is 0. The van der Waals surface area contributed by atoms with Gasteiger partial charge in [-0.05, 0) is 22.0 Å². The molecular formula is C5H5BrN2O. The Morgan fingerprint density at radius 3 is 3.11 bits per heavy atom. The van der Waals surface area contributed by atoms with Gasteiger partial charge in [0.1, 0.15) is 10.9 Å². The molecule has 0 N–H and O–H groups in total. The van der Waals surface area contributed by atoms with Crippen LogP contribution in [0, 0.1) is 0 Å². The van der Waals surface area contributed by atoms with Crippen LogP contribution in [0.3, 0.4) is 0 Å². The molecule has 0 aliphatic heterocycles. The van der Waals surface area contributed by atoms with E-state index >= 15 is 0 Å². The summed E-state index contributed by atoms with van der Waals surface area (Å²) in [5.74, 6) is 0. The van der Waals surface area contributed by atoms with Gasteiger partial charge in [-0.15, -0.1) is 0 Å². The molecule has 0 atom stereocenters. The van der Waals surface area contributed by atoms with Crippen LogP contribution in [0.4, 0.5) is 0 Å². The second-order valence-electron chi connectivity index (χ2n) is 1.53. The second-order valence-corrected chi connectivity index (χ2v) is 2.34. The Labute approximate surface area is 60.8 Å². The maximum Gasteiger partial charge on any atom is 0.141 e. The topological polar surface area (TPSA) is 34.9 Å². The summed E-state index contributed by atoms with van der Waals surface area (Å²) in [6.45, 7) is 0.325. The van der Waals surface area contributed by atoms with E-state index in [1.807, 2.05) is 0 Å². The highest BCUT2D eigenvalue weighted by atomic mass is 79.9. The van der Waals surface area contributed by atoms with E-state index in [1.54, 1.807) is 16.9 Å². The number of halogens is 1. The predicted octanol–water partition coefficient (Wildman–Crippen LogP) is 0.845. The number of aromatic nitrogens is 2. The van der Waals surface area contributed by atoms with Gasteiger partial charge in [-0.1, -0.05) is 0 Å². The fourth-order valence-electron chi connectivity index (χ4n) is 0.515. The van der Waals surface area contributed by atoms with Crippen LogP contribution >= 0.6 is 15.9 Å². The number of carbonyl (C=O) groups excluding carboxylic acids is 1. The molecule has 0 bridgehead atoms. The first kappa shape index (κ1) is 6.48.